The smallest absolute Gasteiger partial charge is 0.265 e. The maximum absolute atomic E-state index is 13.9. The first-order valence-corrected chi connectivity index (χ1v) is 15.4. The van der Waals surface area contributed by atoms with Gasteiger partial charge in [-0.1, -0.05) is 30.3 Å². The quantitative estimate of drug-likeness (QED) is 0.124. The van der Waals surface area contributed by atoms with Crippen LogP contribution in [0, 0.1) is 0 Å². The van der Waals surface area contributed by atoms with Gasteiger partial charge in [-0.15, -0.1) is 23.1 Å². The van der Waals surface area contributed by atoms with E-state index < -0.39 is 0 Å². The first kappa shape index (κ1) is 22.2. The van der Waals surface area contributed by atoms with Crippen LogP contribution < -0.4 is 5.56 Å². The number of pyridine rings is 1. The number of benzene rings is 5. The maximum Gasteiger partial charge on any atom is 0.265 e. The van der Waals surface area contributed by atoms with Crippen LogP contribution in [-0.2, 0) is 13.5 Å². The first-order valence-electron chi connectivity index (χ1n) is 13.5. The van der Waals surface area contributed by atoms with Crippen LogP contribution in [0.5, 0.6) is 0 Å². The third-order valence-electron chi connectivity index (χ3n) is 8.93. The van der Waals surface area contributed by atoms with E-state index in [9.17, 15) is 9.59 Å². The highest BCUT2D eigenvalue weighted by Gasteiger charge is 2.26. The summed E-state index contributed by atoms with van der Waals surface area (Å²) in [4.78, 5) is 37.4. The lowest BCUT2D eigenvalue weighted by molar-refractivity contribution is 0.112. The van der Waals surface area contributed by atoms with Gasteiger partial charge in [0, 0.05) is 51.9 Å². The molecule has 0 spiro atoms. The first-order chi connectivity index (χ1) is 20.1. The largest absolute Gasteiger partial charge is 0.319 e. The molecule has 5 aromatic carbocycles. The predicted octanol–water partition coefficient (Wildman–Crippen LogP) is 7.41. The van der Waals surface area contributed by atoms with Crippen molar-refractivity contribution in [2.24, 2.45) is 7.05 Å². The fraction of sp³-hybridized carbons (Fsp3) is 0.0909. The van der Waals surface area contributed by atoms with Crippen LogP contribution in [0.2, 0.25) is 0 Å². The minimum atomic E-state index is -0.00306. The van der Waals surface area contributed by atoms with Crippen molar-refractivity contribution in [2.75, 3.05) is 5.75 Å². The van der Waals surface area contributed by atoms with Crippen LogP contribution in [0.15, 0.2) is 69.8 Å². The molecule has 4 aromatic heterocycles. The summed E-state index contributed by atoms with van der Waals surface area (Å²) in [6.07, 6.45) is 1.84. The van der Waals surface area contributed by atoms with E-state index in [2.05, 4.69) is 46.3 Å². The van der Waals surface area contributed by atoms with Gasteiger partial charge in [0.25, 0.3) is 5.56 Å². The number of rotatable bonds is 2. The van der Waals surface area contributed by atoms with Gasteiger partial charge in [0.15, 0.2) is 6.29 Å². The Morgan fingerprint density at radius 1 is 0.805 bits per heavy atom. The zero-order valence-corrected chi connectivity index (χ0v) is 23.3. The lowest BCUT2D eigenvalue weighted by Gasteiger charge is -2.19. The average molecular weight is 567 g/mol. The van der Waals surface area contributed by atoms with E-state index in [0.29, 0.717) is 5.56 Å². The Labute approximate surface area is 239 Å². The number of fused-ring (bicyclic) bond motifs is 7. The molecule has 0 saturated carbocycles. The highest BCUT2D eigenvalue weighted by molar-refractivity contribution is 7.99. The van der Waals surface area contributed by atoms with Gasteiger partial charge in [0.1, 0.15) is 26.8 Å². The van der Waals surface area contributed by atoms with Crippen LogP contribution in [-0.4, -0.2) is 31.0 Å². The summed E-state index contributed by atoms with van der Waals surface area (Å²) in [5.74, 6) is 1.81. The minimum Gasteiger partial charge on any atom is -0.319 e. The van der Waals surface area contributed by atoms with Crippen molar-refractivity contribution in [2.45, 2.75) is 11.4 Å². The van der Waals surface area contributed by atoms with Crippen molar-refractivity contribution < 1.29 is 4.79 Å². The Hall–Kier alpha value is -4.53. The van der Waals surface area contributed by atoms with Gasteiger partial charge in [-0.3, -0.25) is 14.0 Å². The topological polar surface area (TPSA) is 69.3 Å². The van der Waals surface area contributed by atoms with Crippen molar-refractivity contribution >= 4 is 99.2 Å². The number of aldehydes is 1. The number of thiophene rings is 1. The van der Waals surface area contributed by atoms with Gasteiger partial charge in [0.05, 0.1) is 5.69 Å². The third-order valence-corrected chi connectivity index (χ3v) is 11.0. The Kier molecular flexibility index (Phi) is 4.01. The fourth-order valence-electron chi connectivity index (χ4n) is 7.22. The molecule has 9 aromatic rings. The zero-order chi connectivity index (χ0) is 27.1. The number of thioether (sulfide) groups is 1. The molecule has 0 unspecified atom stereocenters. The molecule has 0 bridgehead atoms. The van der Waals surface area contributed by atoms with Gasteiger partial charge in [-0.2, -0.15) is 0 Å². The van der Waals surface area contributed by atoms with Crippen LogP contribution in [0.1, 0.15) is 16.1 Å². The van der Waals surface area contributed by atoms with E-state index in [1.165, 1.54) is 0 Å². The number of carbonyl (C=O) groups is 1. The van der Waals surface area contributed by atoms with Gasteiger partial charge < -0.3 is 4.57 Å². The Morgan fingerprint density at radius 3 is 2.27 bits per heavy atom. The summed E-state index contributed by atoms with van der Waals surface area (Å²) >= 11 is 3.38. The summed E-state index contributed by atoms with van der Waals surface area (Å²) in [5.41, 5.74) is 4.31. The van der Waals surface area contributed by atoms with E-state index in [1.54, 1.807) is 23.1 Å². The molecule has 0 saturated heterocycles. The number of aromatic nitrogens is 4. The van der Waals surface area contributed by atoms with E-state index in [0.717, 1.165) is 110 Å². The van der Waals surface area contributed by atoms with Crippen molar-refractivity contribution in [3.05, 3.63) is 81.6 Å². The summed E-state index contributed by atoms with van der Waals surface area (Å²) in [5, 5.41) is 13.0. The molecule has 0 radical (unpaired) electrons. The predicted molar refractivity (Wildman–Crippen MR) is 169 cm³/mol. The summed E-state index contributed by atoms with van der Waals surface area (Å²) in [6.45, 7) is 0. The highest BCUT2D eigenvalue weighted by Crippen LogP contribution is 2.46. The SMILES string of the molecule is Cn1c(-c2ccc3c4ccc5c(=O)n6c7c(nc6c6ccc(c8ccc(C=O)c2c38)c4c56)CCS7)nc2ccsc21. The van der Waals surface area contributed by atoms with E-state index in [4.69, 9.17) is 9.97 Å². The summed E-state index contributed by atoms with van der Waals surface area (Å²) in [7, 11) is 2.03. The van der Waals surface area contributed by atoms with Crippen molar-refractivity contribution in [3.8, 4) is 11.4 Å². The van der Waals surface area contributed by atoms with Crippen LogP contribution in [0.3, 0.4) is 0 Å². The molecule has 0 N–H and O–H groups in total. The van der Waals surface area contributed by atoms with Gasteiger partial charge in [-0.05, 0) is 62.0 Å². The minimum absolute atomic E-state index is 0.00306. The second-order valence-electron chi connectivity index (χ2n) is 10.8. The van der Waals surface area contributed by atoms with E-state index >= 15 is 0 Å². The molecule has 0 fully saturated rings. The summed E-state index contributed by atoms with van der Waals surface area (Å²) < 4.78 is 3.94. The Morgan fingerprint density at radius 2 is 1.49 bits per heavy atom. The van der Waals surface area contributed by atoms with Gasteiger partial charge >= 0.3 is 0 Å². The number of aryl methyl sites for hydroxylation is 2. The van der Waals surface area contributed by atoms with Gasteiger partial charge in [0.2, 0.25) is 0 Å². The normalized spacial score (nSPS) is 13.9. The molecular weight excluding hydrogens is 549 g/mol. The van der Waals surface area contributed by atoms with Crippen molar-refractivity contribution in [1.82, 2.24) is 18.9 Å². The maximum atomic E-state index is 13.9. The monoisotopic (exact) mass is 566 g/mol. The Balaban J connectivity index is 1.42. The molecular formula is C33H18N4O2S2. The number of nitrogens with zero attached hydrogens (tertiary/aromatic N) is 4. The third kappa shape index (κ3) is 2.52. The molecule has 8 heteroatoms. The Bertz CT molecular complexity index is 2660. The lowest BCUT2D eigenvalue weighted by Crippen LogP contribution is -2.14. The molecule has 1 aliphatic rings. The number of hydrogen-bond acceptors (Lipinski definition) is 6. The molecule has 1 aliphatic heterocycles. The van der Waals surface area contributed by atoms with Crippen LogP contribution in [0.25, 0.3) is 81.2 Å². The summed E-state index contributed by atoms with van der Waals surface area (Å²) in [6, 6.07) is 18.6. The zero-order valence-electron chi connectivity index (χ0n) is 21.7. The standard InChI is InChI=1S/C33H18N4O2S2/c1-36-29(34-23-10-12-40-32(23)36)20-7-4-17-19-6-9-22-28-21(30-35-24-11-13-41-33(24)37(30)31(22)39)8-5-18(27(19)28)16-3-2-15(14-38)25(20)26(16)17/h2-10,12,14H,11,13H2,1H3. The van der Waals surface area contributed by atoms with Crippen LogP contribution in [0.4, 0.5) is 0 Å². The second-order valence-corrected chi connectivity index (χ2v) is 12.8. The molecule has 0 amide bonds. The molecule has 0 aliphatic carbocycles. The fourth-order valence-corrected chi connectivity index (χ4v) is 9.12. The number of hydrogen-bond donors (Lipinski definition) is 0. The lowest BCUT2D eigenvalue weighted by atomic mass is 9.85. The number of imidazole rings is 2. The molecule has 6 nitrogen and oxygen atoms in total. The van der Waals surface area contributed by atoms with Crippen LogP contribution >= 0.6 is 23.1 Å². The molecule has 5 heterocycles. The van der Waals surface area contributed by atoms with Crippen molar-refractivity contribution in [3.63, 3.8) is 0 Å². The molecule has 10 rings (SSSR count). The molecule has 0 atom stereocenters. The highest BCUT2D eigenvalue weighted by atomic mass is 32.2. The van der Waals surface area contributed by atoms with E-state index in [1.807, 2.05) is 29.6 Å². The van der Waals surface area contributed by atoms with Crippen molar-refractivity contribution in [1.29, 1.82) is 0 Å². The number of carbonyl (C=O) groups excluding carboxylic acids is 1. The average Bonchev–Trinajstić information content (AvgIpc) is 3.78. The molecule has 41 heavy (non-hydrogen) atoms. The second kappa shape index (κ2) is 7.40. The van der Waals surface area contributed by atoms with Gasteiger partial charge in [-0.25, -0.2) is 9.97 Å². The van der Waals surface area contributed by atoms with E-state index in [-0.39, 0.29) is 5.56 Å². The molecule has 194 valence electrons.